The molecule has 0 aromatic heterocycles. The number of carbonyl (C=O) groups excluding carboxylic acids is 1. The molecule has 5 nitrogen and oxygen atoms in total. The highest BCUT2D eigenvalue weighted by Gasteiger charge is 2.31. The van der Waals surface area contributed by atoms with Crippen molar-refractivity contribution in [1.29, 1.82) is 0 Å². The molecule has 0 saturated carbocycles. The molecular formula is C19H14N2O3. The molecule has 1 N–H and O–H groups in total. The molecule has 1 atom stereocenters. The molecular weight excluding hydrogens is 304 g/mol. The van der Waals surface area contributed by atoms with Crippen LogP contribution in [-0.4, -0.2) is 10.8 Å². The van der Waals surface area contributed by atoms with E-state index in [0.29, 0.717) is 5.56 Å². The summed E-state index contributed by atoms with van der Waals surface area (Å²) in [6.07, 6.45) is 0.205. The summed E-state index contributed by atoms with van der Waals surface area (Å²) in [7, 11) is 0. The van der Waals surface area contributed by atoms with E-state index in [-0.39, 0.29) is 28.9 Å². The van der Waals surface area contributed by atoms with E-state index in [1.165, 1.54) is 6.07 Å². The molecule has 118 valence electrons. The minimum Gasteiger partial charge on any atom is -0.325 e. The minimum atomic E-state index is -0.386. The lowest BCUT2D eigenvalue weighted by Crippen LogP contribution is -2.24. The molecule has 0 aliphatic carbocycles. The predicted octanol–water partition coefficient (Wildman–Crippen LogP) is 4.22. The monoisotopic (exact) mass is 318 g/mol. The Balaban J connectivity index is 1.96. The number of benzene rings is 3. The Morgan fingerprint density at radius 3 is 2.54 bits per heavy atom. The summed E-state index contributed by atoms with van der Waals surface area (Å²) < 4.78 is 0. The smallest absolute Gasteiger partial charge is 0.273 e. The number of nitrogens with one attached hydrogen (secondary N) is 1. The summed E-state index contributed by atoms with van der Waals surface area (Å²) in [5, 5.41) is 16.3. The minimum absolute atomic E-state index is 0.0521. The standard InChI is InChI=1S/C19H14N2O3/c22-18-11-16(14-7-3-4-8-17(14)21(23)24)15-10-9-12-5-1-2-6-13(12)19(15)20-18/h1-10,16H,11H2,(H,20,22). The summed E-state index contributed by atoms with van der Waals surface area (Å²) in [5.74, 6) is -0.443. The number of para-hydroxylation sites is 1. The Morgan fingerprint density at radius 2 is 1.71 bits per heavy atom. The average Bonchev–Trinajstić information content (AvgIpc) is 2.61. The first-order valence-corrected chi connectivity index (χ1v) is 7.70. The van der Waals surface area contributed by atoms with Gasteiger partial charge in [0.2, 0.25) is 5.91 Å². The van der Waals surface area contributed by atoms with Crippen molar-refractivity contribution in [2.75, 3.05) is 5.32 Å². The topological polar surface area (TPSA) is 72.2 Å². The third-order valence-corrected chi connectivity index (χ3v) is 4.50. The highest BCUT2D eigenvalue weighted by Crippen LogP contribution is 2.43. The lowest BCUT2D eigenvalue weighted by Gasteiger charge is -2.27. The van der Waals surface area contributed by atoms with Gasteiger partial charge in [-0.1, -0.05) is 54.6 Å². The molecule has 24 heavy (non-hydrogen) atoms. The largest absolute Gasteiger partial charge is 0.325 e. The average molecular weight is 318 g/mol. The summed E-state index contributed by atoms with van der Waals surface area (Å²) in [4.78, 5) is 23.2. The number of rotatable bonds is 2. The van der Waals surface area contributed by atoms with Crippen molar-refractivity contribution >= 4 is 28.1 Å². The Labute approximate surface area is 138 Å². The maximum atomic E-state index is 12.3. The Hall–Kier alpha value is -3.21. The number of fused-ring (bicyclic) bond motifs is 3. The van der Waals surface area contributed by atoms with E-state index in [0.717, 1.165) is 22.0 Å². The fourth-order valence-electron chi connectivity index (χ4n) is 3.43. The van der Waals surface area contributed by atoms with Gasteiger partial charge in [-0.05, 0) is 10.9 Å². The fraction of sp³-hybridized carbons (Fsp3) is 0.105. The lowest BCUT2D eigenvalue weighted by molar-refractivity contribution is -0.385. The van der Waals surface area contributed by atoms with Crippen LogP contribution in [0.2, 0.25) is 0 Å². The van der Waals surface area contributed by atoms with Crippen molar-refractivity contribution in [1.82, 2.24) is 0 Å². The molecule has 3 aromatic rings. The highest BCUT2D eigenvalue weighted by atomic mass is 16.6. The molecule has 1 aliphatic rings. The van der Waals surface area contributed by atoms with Crippen molar-refractivity contribution in [3.8, 4) is 0 Å². The van der Waals surface area contributed by atoms with Gasteiger partial charge in [-0.2, -0.15) is 0 Å². The summed E-state index contributed by atoms with van der Waals surface area (Å²) in [6.45, 7) is 0. The number of nitro groups is 1. The summed E-state index contributed by atoms with van der Waals surface area (Å²) in [5.41, 5.74) is 2.31. The maximum absolute atomic E-state index is 12.3. The van der Waals surface area contributed by atoms with E-state index >= 15 is 0 Å². The van der Waals surface area contributed by atoms with E-state index < -0.39 is 0 Å². The van der Waals surface area contributed by atoms with Crippen LogP contribution >= 0.6 is 0 Å². The predicted molar refractivity (Wildman–Crippen MR) is 92.1 cm³/mol. The van der Waals surface area contributed by atoms with Crippen molar-refractivity contribution in [3.63, 3.8) is 0 Å². The number of nitrogens with zero attached hydrogens (tertiary/aromatic N) is 1. The first-order chi connectivity index (χ1) is 11.6. The van der Waals surface area contributed by atoms with Gasteiger partial charge in [-0.3, -0.25) is 14.9 Å². The van der Waals surface area contributed by atoms with E-state index in [9.17, 15) is 14.9 Å². The van der Waals surface area contributed by atoms with E-state index in [1.807, 2.05) is 36.4 Å². The van der Waals surface area contributed by atoms with Crippen LogP contribution < -0.4 is 5.32 Å². The fourth-order valence-corrected chi connectivity index (χ4v) is 3.43. The van der Waals surface area contributed by atoms with Gasteiger partial charge in [0.1, 0.15) is 0 Å². The molecule has 3 aromatic carbocycles. The zero-order chi connectivity index (χ0) is 16.7. The van der Waals surface area contributed by atoms with Crippen LogP contribution in [0.1, 0.15) is 23.5 Å². The zero-order valence-electron chi connectivity index (χ0n) is 12.7. The SMILES string of the molecule is O=C1CC(c2ccccc2[N+](=O)[O-])c2ccc3ccccc3c2N1. The van der Waals surface area contributed by atoms with Crippen molar-refractivity contribution < 1.29 is 9.72 Å². The number of hydrogen-bond acceptors (Lipinski definition) is 3. The molecule has 0 fully saturated rings. The molecule has 1 heterocycles. The number of nitro benzene ring substituents is 1. The third kappa shape index (κ3) is 2.22. The number of carbonyl (C=O) groups is 1. The van der Waals surface area contributed by atoms with Crippen LogP contribution in [-0.2, 0) is 4.79 Å². The summed E-state index contributed by atoms with van der Waals surface area (Å²) >= 11 is 0. The van der Waals surface area contributed by atoms with E-state index in [1.54, 1.807) is 18.2 Å². The van der Waals surface area contributed by atoms with Crippen LogP contribution in [0.15, 0.2) is 60.7 Å². The number of anilines is 1. The van der Waals surface area contributed by atoms with Gasteiger partial charge in [0.05, 0.1) is 10.6 Å². The molecule has 1 amide bonds. The van der Waals surface area contributed by atoms with Gasteiger partial charge < -0.3 is 5.32 Å². The molecule has 0 bridgehead atoms. The second kappa shape index (κ2) is 5.45. The molecule has 0 spiro atoms. The molecule has 4 rings (SSSR count). The quantitative estimate of drug-likeness (QED) is 0.568. The van der Waals surface area contributed by atoms with Crippen LogP contribution in [0.3, 0.4) is 0 Å². The Morgan fingerprint density at radius 1 is 0.958 bits per heavy atom. The second-order valence-corrected chi connectivity index (χ2v) is 5.87. The normalized spacial score (nSPS) is 16.5. The first kappa shape index (κ1) is 14.4. The Bertz CT molecular complexity index is 981. The van der Waals surface area contributed by atoms with Crippen LogP contribution in [0, 0.1) is 10.1 Å². The summed E-state index contributed by atoms with van der Waals surface area (Å²) in [6, 6.07) is 18.4. The van der Waals surface area contributed by atoms with Gasteiger partial charge in [0, 0.05) is 29.4 Å². The van der Waals surface area contributed by atoms with Gasteiger partial charge >= 0.3 is 0 Å². The van der Waals surface area contributed by atoms with Crippen LogP contribution in [0.25, 0.3) is 10.8 Å². The van der Waals surface area contributed by atoms with Crippen LogP contribution in [0.4, 0.5) is 11.4 Å². The highest BCUT2D eigenvalue weighted by molar-refractivity contribution is 6.06. The van der Waals surface area contributed by atoms with Gasteiger partial charge in [0.25, 0.3) is 5.69 Å². The first-order valence-electron chi connectivity index (χ1n) is 7.70. The molecule has 0 radical (unpaired) electrons. The zero-order valence-corrected chi connectivity index (χ0v) is 12.7. The maximum Gasteiger partial charge on any atom is 0.273 e. The van der Waals surface area contributed by atoms with Gasteiger partial charge in [-0.25, -0.2) is 0 Å². The van der Waals surface area contributed by atoms with Crippen LogP contribution in [0.5, 0.6) is 0 Å². The number of hydrogen-bond donors (Lipinski definition) is 1. The van der Waals surface area contributed by atoms with Crippen molar-refractivity contribution in [3.05, 3.63) is 81.9 Å². The molecule has 1 unspecified atom stereocenters. The lowest BCUT2D eigenvalue weighted by atomic mass is 9.82. The molecule has 0 saturated heterocycles. The molecule has 1 aliphatic heterocycles. The van der Waals surface area contributed by atoms with Crippen molar-refractivity contribution in [2.24, 2.45) is 0 Å². The van der Waals surface area contributed by atoms with E-state index in [4.69, 9.17) is 0 Å². The number of amides is 1. The Kier molecular flexibility index (Phi) is 3.27. The van der Waals surface area contributed by atoms with Gasteiger partial charge in [-0.15, -0.1) is 0 Å². The van der Waals surface area contributed by atoms with Crippen molar-refractivity contribution in [2.45, 2.75) is 12.3 Å². The molecule has 5 heteroatoms. The van der Waals surface area contributed by atoms with E-state index in [2.05, 4.69) is 5.32 Å². The third-order valence-electron chi connectivity index (χ3n) is 4.50. The van der Waals surface area contributed by atoms with Gasteiger partial charge in [0.15, 0.2) is 0 Å². The second-order valence-electron chi connectivity index (χ2n) is 5.87.